The standard InChI is InChI=1S/C17H19FN2O2S/c1-12(13-6-8-14(9-7-13)23(19,21)22)20-17(10-11-17)15-4-2-3-5-16(15)18/h2-9,12,20H,10-11H2,1H3,(H2,19,21,22)/t12-/m1/s1. The van der Waals surface area contributed by atoms with Gasteiger partial charge in [-0.05, 0) is 43.5 Å². The topological polar surface area (TPSA) is 72.2 Å². The summed E-state index contributed by atoms with van der Waals surface area (Å²) in [4.78, 5) is 0.0867. The second-order valence-electron chi connectivity index (χ2n) is 6.04. The van der Waals surface area contributed by atoms with Crippen molar-refractivity contribution in [2.24, 2.45) is 5.14 Å². The lowest BCUT2D eigenvalue weighted by Gasteiger charge is -2.24. The fraction of sp³-hybridized carbons (Fsp3) is 0.294. The van der Waals surface area contributed by atoms with Crippen LogP contribution in [0.15, 0.2) is 53.4 Å². The molecule has 122 valence electrons. The highest BCUT2D eigenvalue weighted by molar-refractivity contribution is 7.89. The van der Waals surface area contributed by atoms with Crippen molar-refractivity contribution in [3.05, 3.63) is 65.5 Å². The Bertz CT molecular complexity index is 815. The van der Waals surface area contributed by atoms with E-state index < -0.39 is 10.0 Å². The zero-order valence-electron chi connectivity index (χ0n) is 12.8. The first kappa shape index (κ1) is 16.1. The molecule has 0 aromatic heterocycles. The van der Waals surface area contributed by atoms with Crippen LogP contribution in [0.25, 0.3) is 0 Å². The van der Waals surface area contributed by atoms with Crippen LogP contribution in [0, 0.1) is 5.82 Å². The summed E-state index contributed by atoms with van der Waals surface area (Å²) in [5.74, 6) is -0.200. The molecular weight excluding hydrogens is 315 g/mol. The monoisotopic (exact) mass is 334 g/mol. The Morgan fingerprint density at radius 1 is 1.13 bits per heavy atom. The van der Waals surface area contributed by atoms with E-state index in [4.69, 9.17) is 5.14 Å². The smallest absolute Gasteiger partial charge is 0.238 e. The molecule has 0 amide bonds. The van der Waals surface area contributed by atoms with Gasteiger partial charge in [-0.1, -0.05) is 30.3 Å². The highest BCUT2D eigenvalue weighted by Crippen LogP contribution is 2.47. The van der Waals surface area contributed by atoms with Crippen LogP contribution in [0.2, 0.25) is 0 Å². The number of nitrogens with one attached hydrogen (secondary N) is 1. The highest BCUT2D eigenvalue weighted by Gasteiger charge is 2.46. The third kappa shape index (κ3) is 3.29. The van der Waals surface area contributed by atoms with Crippen molar-refractivity contribution >= 4 is 10.0 Å². The van der Waals surface area contributed by atoms with E-state index in [2.05, 4.69) is 5.32 Å². The van der Waals surface area contributed by atoms with Gasteiger partial charge in [-0.15, -0.1) is 0 Å². The molecule has 0 aliphatic heterocycles. The van der Waals surface area contributed by atoms with Gasteiger partial charge in [0.05, 0.1) is 4.90 Å². The van der Waals surface area contributed by atoms with Gasteiger partial charge < -0.3 is 5.32 Å². The van der Waals surface area contributed by atoms with Crippen LogP contribution in [0.4, 0.5) is 4.39 Å². The van der Waals surface area contributed by atoms with Crippen LogP contribution in [0.5, 0.6) is 0 Å². The van der Waals surface area contributed by atoms with Crippen molar-refractivity contribution < 1.29 is 12.8 Å². The van der Waals surface area contributed by atoms with Crippen molar-refractivity contribution in [1.29, 1.82) is 0 Å². The molecule has 2 aromatic rings. The maximum atomic E-state index is 14.0. The molecule has 0 radical (unpaired) electrons. The first-order valence-electron chi connectivity index (χ1n) is 7.47. The number of hydrogen-bond acceptors (Lipinski definition) is 3. The molecular formula is C17H19FN2O2S. The molecule has 0 unspecified atom stereocenters. The summed E-state index contributed by atoms with van der Waals surface area (Å²) >= 11 is 0. The Hall–Kier alpha value is -1.76. The molecule has 1 saturated carbocycles. The second-order valence-corrected chi connectivity index (χ2v) is 7.60. The van der Waals surface area contributed by atoms with Crippen LogP contribution in [0.3, 0.4) is 0 Å². The molecule has 0 saturated heterocycles. The maximum absolute atomic E-state index is 14.0. The third-order valence-corrected chi connectivity index (χ3v) is 5.27. The van der Waals surface area contributed by atoms with E-state index in [-0.39, 0.29) is 22.3 Å². The Kier molecular flexibility index (Phi) is 4.00. The van der Waals surface area contributed by atoms with E-state index in [1.165, 1.54) is 18.2 Å². The molecule has 0 spiro atoms. The van der Waals surface area contributed by atoms with E-state index >= 15 is 0 Å². The molecule has 1 aliphatic carbocycles. The van der Waals surface area contributed by atoms with E-state index in [9.17, 15) is 12.8 Å². The number of halogens is 1. The fourth-order valence-electron chi connectivity index (χ4n) is 2.91. The largest absolute Gasteiger partial charge is 0.301 e. The molecule has 0 heterocycles. The van der Waals surface area contributed by atoms with Gasteiger partial charge in [0.25, 0.3) is 0 Å². The molecule has 3 N–H and O–H groups in total. The van der Waals surface area contributed by atoms with Crippen molar-refractivity contribution in [1.82, 2.24) is 5.32 Å². The molecule has 1 fully saturated rings. The maximum Gasteiger partial charge on any atom is 0.238 e. The first-order valence-corrected chi connectivity index (χ1v) is 9.02. The summed E-state index contributed by atoms with van der Waals surface area (Å²) in [6, 6.07) is 13.2. The number of nitrogens with two attached hydrogens (primary N) is 1. The zero-order chi connectivity index (χ0) is 16.7. The van der Waals surface area contributed by atoms with Gasteiger partial charge in [-0.3, -0.25) is 0 Å². The molecule has 6 heteroatoms. The number of hydrogen-bond donors (Lipinski definition) is 2. The number of sulfonamides is 1. The predicted octanol–water partition coefficient (Wildman–Crippen LogP) is 2.81. The van der Waals surface area contributed by atoms with E-state index in [0.717, 1.165) is 18.4 Å². The summed E-state index contributed by atoms with van der Waals surface area (Å²) in [6.45, 7) is 1.98. The molecule has 1 atom stereocenters. The molecule has 0 bridgehead atoms. The minimum absolute atomic E-state index is 0.0355. The molecule has 3 rings (SSSR count). The minimum Gasteiger partial charge on any atom is -0.301 e. The van der Waals surface area contributed by atoms with Crippen molar-refractivity contribution in [3.8, 4) is 0 Å². The van der Waals surface area contributed by atoms with Crippen LogP contribution in [0.1, 0.15) is 36.9 Å². The molecule has 4 nitrogen and oxygen atoms in total. The summed E-state index contributed by atoms with van der Waals surface area (Å²) in [7, 11) is -3.69. The lowest BCUT2D eigenvalue weighted by molar-refractivity contribution is 0.432. The number of primary sulfonamides is 1. The second kappa shape index (κ2) is 5.70. The summed E-state index contributed by atoms with van der Waals surface area (Å²) in [5, 5.41) is 8.58. The van der Waals surface area contributed by atoms with Gasteiger partial charge >= 0.3 is 0 Å². The lowest BCUT2D eigenvalue weighted by Crippen LogP contribution is -2.32. The van der Waals surface area contributed by atoms with E-state index in [1.54, 1.807) is 18.2 Å². The Balaban J connectivity index is 1.80. The van der Waals surface area contributed by atoms with Gasteiger partial charge in [-0.2, -0.15) is 0 Å². The third-order valence-electron chi connectivity index (χ3n) is 4.34. The van der Waals surface area contributed by atoms with Crippen molar-refractivity contribution in [3.63, 3.8) is 0 Å². The SMILES string of the molecule is C[C@@H](NC1(c2ccccc2F)CC1)c1ccc(S(N)(=O)=O)cc1. The zero-order valence-corrected chi connectivity index (χ0v) is 13.6. The molecule has 23 heavy (non-hydrogen) atoms. The first-order chi connectivity index (χ1) is 10.8. The van der Waals surface area contributed by atoms with Gasteiger partial charge in [0.1, 0.15) is 5.82 Å². The normalized spacial score (nSPS) is 17.7. The quantitative estimate of drug-likeness (QED) is 0.883. The summed E-state index contributed by atoms with van der Waals surface area (Å²) in [5.41, 5.74) is 1.29. The van der Waals surface area contributed by atoms with Gasteiger partial charge in [0, 0.05) is 17.1 Å². The Morgan fingerprint density at radius 3 is 2.26 bits per heavy atom. The van der Waals surface area contributed by atoms with Crippen molar-refractivity contribution in [2.75, 3.05) is 0 Å². The van der Waals surface area contributed by atoms with Gasteiger partial charge in [-0.25, -0.2) is 17.9 Å². The molecule has 2 aromatic carbocycles. The van der Waals surface area contributed by atoms with E-state index in [1.807, 2.05) is 19.1 Å². The Labute approximate surface area is 135 Å². The number of rotatable bonds is 5. The average Bonchev–Trinajstić information content (AvgIpc) is 3.27. The number of benzene rings is 2. The van der Waals surface area contributed by atoms with Crippen molar-refractivity contribution in [2.45, 2.75) is 36.2 Å². The fourth-order valence-corrected chi connectivity index (χ4v) is 3.43. The van der Waals surface area contributed by atoms with Crippen LogP contribution in [-0.4, -0.2) is 8.42 Å². The molecule has 1 aliphatic rings. The summed E-state index contributed by atoms with van der Waals surface area (Å²) in [6.07, 6.45) is 1.76. The summed E-state index contributed by atoms with van der Waals surface area (Å²) < 4.78 is 36.6. The average molecular weight is 334 g/mol. The van der Waals surface area contributed by atoms with Crippen LogP contribution < -0.4 is 10.5 Å². The van der Waals surface area contributed by atoms with Crippen LogP contribution >= 0.6 is 0 Å². The van der Waals surface area contributed by atoms with E-state index in [0.29, 0.717) is 5.56 Å². The Morgan fingerprint density at radius 2 is 1.74 bits per heavy atom. The minimum atomic E-state index is -3.69. The van der Waals surface area contributed by atoms with Gasteiger partial charge in [0.2, 0.25) is 10.0 Å². The highest BCUT2D eigenvalue weighted by atomic mass is 32.2. The van der Waals surface area contributed by atoms with Gasteiger partial charge in [0.15, 0.2) is 0 Å². The predicted molar refractivity (Wildman–Crippen MR) is 86.7 cm³/mol. The lowest BCUT2D eigenvalue weighted by atomic mass is 10.0. The van der Waals surface area contributed by atoms with Crippen LogP contribution in [-0.2, 0) is 15.6 Å².